The molecule has 1 N–H and O–H groups in total. The fourth-order valence-corrected chi connectivity index (χ4v) is 2.72. The molecule has 118 valence electrons. The molecule has 0 aromatic carbocycles. The highest BCUT2D eigenvalue weighted by atomic mass is 79.9. The lowest BCUT2D eigenvalue weighted by Crippen LogP contribution is -2.43. The molecule has 1 aliphatic heterocycles. The number of anilines is 1. The van der Waals surface area contributed by atoms with Crippen LogP contribution in [0.2, 0.25) is 0 Å². The van der Waals surface area contributed by atoms with Gasteiger partial charge in [0.05, 0.1) is 24.6 Å². The maximum absolute atomic E-state index is 12.2. The van der Waals surface area contributed by atoms with Gasteiger partial charge in [0, 0.05) is 26.2 Å². The fraction of sp³-hybridized carbons (Fsp3) is 0.714. The molecule has 1 aromatic heterocycles. The zero-order valence-electron chi connectivity index (χ0n) is 12.6. The molecule has 0 saturated carbocycles. The average molecular weight is 359 g/mol. The largest absolute Gasteiger partial charge is 0.380 e. The van der Waals surface area contributed by atoms with E-state index in [0.717, 1.165) is 38.2 Å². The van der Waals surface area contributed by atoms with Crippen LogP contribution < -0.4 is 10.9 Å². The monoisotopic (exact) mass is 358 g/mol. The van der Waals surface area contributed by atoms with E-state index in [1.807, 2.05) is 0 Å². The molecule has 1 aromatic rings. The summed E-state index contributed by atoms with van der Waals surface area (Å²) in [5.41, 5.74) is 0.639. The van der Waals surface area contributed by atoms with Gasteiger partial charge in [-0.25, -0.2) is 4.68 Å². The van der Waals surface area contributed by atoms with Gasteiger partial charge in [-0.15, -0.1) is 0 Å². The maximum Gasteiger partial charge on any atom is 0.283 e. The molecule has 0 bridgehead atoms. The van der Waals surface area contributed by atoms with Crippen molar-refractivity contribution in [3.63, 3.8) is 0 Å². The van der Waals surface area contributed by atoms with Gasteiger partial charge in [-0.1, -0.05) is 13.3 Å². The number of rotatable bonds is 6. The first kappa shape index (κ1) is 16.5. The number of morpholine rings is 1. The quantitative estimate of drug-likeness (QED) is 0.835. The van der Waals surface area contributed by atoms with Crippen molar-refractivity contribution in [2.24, 2.45) is 0 Å². The van der Waals surface area contributed by atoms with E-state index < -0.39 is 0 Å². The third kappa shape index (κ3) is 4.52. The van der Waals surface area contributed by atoms with Gasteiger partial charge in [0.25, 0.3) is 5.56 Å². The Balaban J connectivity index is 1.97. The van der Waals surface area contributed by atoms with Crippen molar-refractivity contribution >= 4 is 21.6 Å². The summed E-state index contributed by atoms with van der Waals surface area (Å²) in [6.07, 6.45) is 3.83. The first-order chi connectivity index (χ1) is 10.1. The highest BCUT2D eigenvalue weighted by Gasteiger charge is 2.18. The normalized spacial score (nSPS) is 19.7. The number of halogens is 1. The van der Waals surface area contributed by atoms with E-state index in [4.69, 9.17) is 4.74 Å². The summed E-state index contributed by atoms with van der Waals surface area (Å²) >= 11 is 3.37. The molecule has 1 saturated heterocycles. The van der Waals surface area contributed by atoms with Crippen molar-refractivity contribution < 1.29 is 4.74 Å². The van der Waals surface area contributed by atoms with Crippen molar-refractivity contribution in [1.82, 2.24) is 14.7 Å². The lowest BCUT2D eigenvalue weighted by molar-refractivity contribution is -0.0117. The van der Waals surface area contributed by atoms with Crippen LogP contribution in [0, 0.1) is 0 Å². The average Bonchev–Trinajstić information content (AvgIpc) is 2.48. The molecule has 1 unspecified atom stereocenters. The summed E-state index contributed by atoms with van der Waals surface area (Å²) in [5, 5.41) is 7.47. The zero-order valence-corrected chi connectivity index (χ0v) is 14.2. The summed E-state index contributed by atoms with van der Waals surface area (Å²) in [7, 11) is 2.09. The van der Waals surface area contributed by atoms with Gasteiger partial charge in [-0.05, 0) is 29.4 Å². The van der Waals surface area contributed by atoms with Gasteiger partial charge < -0.3 is 15.0 Å². The molecule has 0 aliphatic carbocycles. The molecule has 1 fully saturated rings. The number of aryl methyl sites for hydroxylation is 1. The second-order valence-corrected chi connectivity index (χ2v) is 6.18. The summed E-state index contributed by atoms with van der Waals surface area (Å²) in [4.78, 5) is 14.4. The number of unbranched alkanes of at least 4 members (excludes halogenated alkanes) is 1. The number of hydrogen-bond acceptors (Lipinski definition) is 5. The summed E-state index contributed by atoms with van der Waals surface area (Å²) < 4.78 is 7.74. The molecule has 2 heterocycles. The molecule has 6 nitrogen and oxygen atoms in total. The van der Waals surface area contributed by atoms with Crippen molar-refractivity contribution in [2.75, 3.05) is 38.6 Å². The Bertz CT molecular complexity index is 520. The molecule has 0 spiro atoms. The third-order valence-electron chi connectivity index (χ3n) is 3.57. The number of ether oxygens (including phenoxy) is 1. The number of likely N-dealkylation sites (N-methyl/N-ethyl adjacent to an activating group) is 1. The molecule has 21 heavy (non-hydrogen) atoms. The van der Waals surface area contributed by atoms with Crippen LogP contribution in [0.25, 0.3) is 0 Å². The van der Waals surface area contributed by atoms with Crippen LogP contribution in [-0.2, 0) is 11.3 Å². The van der Waals surface area contributed by atoms with E-state index in [0.29, 0.717) is 17.6 Å². The minimum Gasteiger partial charge on any atom is -0.380 e. The van der Waals surface area contributed by atoms with E-state index in [1.165, 1.54) is 4.68 Å². The minimum atomic E-state index is -0.0878. The van der Waals surface area contributed by atoms with Crippen LogP contribution in [0.4, 0.5) is 5.69 Å². The van der Waals surface area contributed by atoms with Gasteiger partial charge in [-0.2, -0.15) is 5.10 Å². The maximum atomic E-state index is 12.2. The number of hydrogen-bond donors (Lipinski definition) is 1. The summed E-state index contributed by atoms with van der Waals surface area (Å²) in [6, 6.07) is 0. The van der Waals surface area contributed by atoms with Gasteiger partial charge in [0.15, 0.2) is 0 Å². The Morgan fingerprint density at radius 1 is 1.57 bits per heavy atom. The van der Waals surface area contributed by atoms with Crippen LogP contribution in [-0.4, -0.2) is 54.1 Å². The Hall–Kier alpha value is -0.920. The SMILES string of the molecule is CCCCn1ncc(NCC2CN(C)CCO2)c(Br)c1=O. The van der Waals surface area contributed by atoms with Crippen LogP contribution in [0.3, 0.4) is 0 Å². The molecule has 2 rings (SSSR count). The lowest BCUT2D eigenvalue weighted by Gasteiger charge is -2.30. The predicted molar refractivity (Wildman–Crippen MR) is 86.8 cm³/mol. The standard InChI is InChI=1S/C14H23BrN4O2/c1-3-4-5-19-14(20)13(15)12(9-17-19)16-8-11-10-18(2)6-7-21-11/h9,11,16H,3-8,10H2,1-2H3. The first-order valence-electron chi connectivity index (χ1n) is 7.41. The Morgan fingerprint density at radius 3 is 3.10 bits per heavy atom. The molecular formula is C14H23BrN4O2. The molecule has 0 radical (unpaired) electrons. The zero-order chi connectivity index (χ0) is 15.2. The smallest absolute Gasteiger partial charge is 0.283 e. The second kappa shape index (κ2) is 7.91. The lowest BCUT2D eigenvalue weighted by atomic mass is 10.3. The van der Waals surface area contributed by atoms with Gasteiger partial charge in [-0.3, -0.25) is 4.79 Å². The Labute approximate surface area is 133 Å². The topological polar surface area (TPSA) is 59.4 Å². The van der Waals surface area contributed by atoms with Crippen molar-refractivity contribution in [3.8, 4) is 0 Å². The van der Waals surface area contributed by atoms with Crippen LogP contribution in [0.1, 0.15) is 19.8 Å². The third-order valence-corrected chi connectivity index (χ3v) is 4.34. The van der Waals surface area contributed by atoms with Crippen molar-refractivity contribution in [2.45, 2.75) is 32.4 Å². The highest BCUT2D eigenvalue weighted by Crippen LogP contribution is 2.16. The minimum absolute atomic E-state index is 0.0878. The highest BCUT2D eigenvalue weighted by molar-refractivity contribution is 9.10. The van der Waals surface area contributed by atoms with Crippen molar-refractivity contribution in [3.05, 3.63) is 21.0 Å². The fourth-order valence-electron chi connectivity index (χ4n) is 2.27. The van der Waals surface area contributed by atoms with E-state index in [2.05, 4.69) is 45.2 Å². The van der Waals surface area contributed by atoms with E-state index in [9.17, 15) is 4.79 Å². The van der Waals surface area contributed by atoms with E-state index in [1.54, 1.807) is 6.20 Å². The Morgan fingerprint density at radius 2 is 2.38 bits per heavy atom. The van der Waals surface area contributed by atoms with Crippen molar-refractivity contribution in [1.29, 1.82) is 0 Å². The Kier molecular flexibility index (Phi) is 6.20. The molecule has 1 atom stereocenters. The summed E-state index contributed by atoms with van der Waals surface area (Å²) in [6.45, 7) is 6.03. The number of aromatic nitrogens is 2. The predicted octanol–water partition coefficient (Wildman–Crippen LogP) is 1.55. The number of nitrogens with zero attached hydrogens (tertiary/aromatic N) is 3. The van der Waals surface area contributed by atoms with Crippen LogP contribution in [0.15, 0.2) is 15.5 Å². The van der Waals surface area contributed by atoms with Crippen LogP contribution >= 0.6 is 15.9 Å². The summed E-state index contributed by atoms with van der Waals surface area (Å²) in [5.74, 6) is 0. The van der Waals surface area contributed by atoms with Gasteiger partial charge in [0.1, 0.15) is 4.47 Å². The van der Waals surface area contributed by atoms with Gasteiger partial charge >= 0.3 is 0 Å². The molecule has 0 amide bonds. The molecule has 1 aliphatic rings. The molecule has 7 heteroatoms. The van der Waals surface area contributed by atoms with Crippen LogP contribution in [0.5, 0.6) is 0 Å². The van der Waals surface area contributed by atoms with E-state index in [-0.39, 0.29) is 11.7 Å². The molecular weight excluding hydrogens is 336 g/mol. The first-order valence-corrected chi connectivity index (χ1v) is 8.20. The van der Waals surface area contributed by atoms with E-state index >= 15 is 0 Å². The van der Waals surface area contributed by atoms with Gasteiger partial charge in [0.2, 0.25) is 0 Å². The number of nitrogens with one attached hydrogen (secondary N) is 1. The second-order valence-electron chi connectivity index (χ2n) is 5.39.